The monoisotopic (exact) mass is 502 g/mol. The predicted molar refractivity (Wildman–Crippen MR) is 148 cm³/mol. The van der Waals surface area contributed by atoms with Gasteiger partial charge in [0, 0.05) is 43.9 Å². The summed E-state index contributed by atoms with van der Waals surface area (Å²) in [4.78, 5) is 28.8. The van der Waals surface area contributed by atoms with Gasteiger partial charge in [-0.15, -0.1) is 0 Å². The third kappa shape index (κ3) is 5.79. The van der Waals surface area contributed by atoms with Gasteiger partial charge in [-0.1, -0.05) is 39.3 Å². The van der Waals surface area contributed by atoms with Gasteiger partial charge in [0.15, 0.2) is 11.5 Å². The second-order valence-corrected chi connectivity index (χ2v) is 9.07. The zero-order valence-electron chi connectivity index (χ0n) is 22.0. The Balaban J connectivity index is 0.00000156. The van der Waals surface area contributed by atoms with Crippen LogP contribution in [-0.4, -0.2) is 38.3 Å². The van der Waals surface area contributed by atoms with E-state index in [0.717, 1.165) is 31.6 Å². The van der Waals surface area contributed by atoms with Gasteiger partial charge in [0.1, 0.15) is 11.0 Å². The molecule has 1 atom stereocenters. The van der Waals surface area contributed by atoms with E-state index in [1.165, 1.54) is 18.9 Å². The zero-order chi connectivity index (χ0) is 26.4. The number of benzene rings is 1. The lowest BCUT2D eigenvalue weighted by atomic mass is 9.99. The summed E-state index contributed by atoms with van der Waals surface area (Å²) in [5, 5.41) is 2.81. The maximum Gasteiger partial charge on any atom is 0.257 e. The molecule has 4 aromatic rings. The summed E-state index contributed by atoms with van der Waals surface area (Å²) < 4.78 is 16.1. The van der Waals surface area contributed by atoms with Gasteiger partial charge in [0.25, 0.3) is 5.91 Å². The third-order valence-corrected chi connectivity index (χ3v) is 6.59. The number of halogens is 1. The largest absolute Gasteiger partial charge is 0.366 e. The molecule has 0 unspecified atom stereocenters. The molecule has 0 radical (unpaired) electrons. The molecule has 0 saturated carbocycles. The first-order chi connectivity index (χ1) is 18.0. The molecule has 1 aliphatic rings. The molecule has 0 fully saturated rings. The quantitative estimate of drug-likeness (QED) is 0.319. The Morgan fingerprint density at radius 1 is 1.14 bits per heavy atom. The van der Waals surface area contributed by atoms with Crippen LogP contribution in [-0.2, 0) is 0 Å². The molecule has 1 aliphatic heterocycles. The first-order valence-corrected chi connectivity index (χ1v) is 13.1. The minimum absolute atomic E-state index is 0.226. The van der Waals surface area contributed by atoms with E-state index in [1.807, 2.05) is 19.9 Å². The van der Waals surface area contributed by atoms with Crippen molar-refractivity contribution < 1.29 is 9.18 Å². The summed E-state index contributed by atoms with van der Waals surface area (Å²) >= 11 is 0. The highest BCUT2D eigenvalue weighted by atomic mass is 19.1. The summed E-state index contributed by atoms with van der Waals surface area (Å²) in [6.07, 6.45) is 15.8. The highest BCUT2D eigenvalue weighted by Crippen LogP contribution is 2.29. The third-order valence-electron chi connectivity index (χ3n) is 6.59. The molecule has 1 amide bonds. The van der Waals surface area contributed by atoms with E-state index in [-0.39, 0.29) is 11.6 Å². The molecule has 7 nitrogen and oxygen atoms in total. The minimum Gasteiger partial charge on any atom is -0.366 e. The zero-order valence-corrected chi connectivity index (χ0v) is 22.0. The van der Waals surface area contributed by atoms with Crippen molar-refractivity contribution in [1.29, 1.82) is 0 Å². The Bertz CT molecular complexity index is 1410. The molecule has 1 N–H and O–H groups in total. The summed E-state index contributed by atoms with van der Waals surface area (Å²) in [5.74, 6) is -0.233. The van der Waals surface area contributed by atoms with Crippen molar-refractivity contribution in [2.24, 2.45) is 5.92 Å². The van der Waals surface area contributed by atoms with Gasteiger partial charge in [0.2, 0.25) is 0 Å². The SMILES string of the molecule is CC.CC[C@H]1/C=C\CN(c2ccc(C(=O)Nc3cc(F)c4nc(C)cn4c3)c3nccnc23)CCCC1. The number of imidazole rings is 1. The first kappa shape index (κ1) is 26.3. The highest BCUT2D eigenvalue weighted by Gasteiger charge is 2.19. The van der Waals surface area contributed by atoms with Crippen molar-refractivity contribution in [2.45, 2.75) is 53.4 Å². The number of rotatable bonds is 4. The average Bonchev–Trinajstić information content (AvgIpc) is 3.34. The van der Waals surface area contributed by atoms with Gasteiger partial charge in [-0.2, -0.15) is 0 Å². The number of fused-ring (bicyclic) bond motifs is 2. The van der Waals surface area contributed by atoms with E-state index in [4.69, 9.17) is 0 Å². The first-order valence-electron chi connectivity index (χ1n) is 13.1. The lowest BCUT2D eigenvalue weighted by Crippen LogP contribution is -2.25. The lowest BCUT2D eigenvalue weighted by Gasteiger charge is -2.24. The Kier molecular flexibility index (Phi) is 8.48. The molecule has 5 rings (SSSR count). The standard InChI is InChI=1S/C27H29FN6O.C2H6/c1-3-19-7-4-5-13-33(14-6-8-19)23-10-9-21(24-25(23)30-12-11-29-24)27(35)32-20-15-22(28)26-31-18(2)16-34(26)17-20;1-2/h6,8-12,15-17,19H,3-5,7,13-14H2,1-2H3,(H,32,35);1-2H3/b8-6-;/t19-;/m1./s1. The molecular weight excluding hydrogens is 467 g/mol. The van der Waals surface area contributed by atoms with Crippen LogP contribution in [0.15, 0.2) is 55.1 Å². The van der Waals surface area contributed by atoms with Crippen LogP contribution in [0.4, 0.5) is 15.8 Å². The van der Waals surface area contributed by atoms with Crippen LogP contribution in [0, 0.1) is 18.7 Å². The molecule has 4 heterocycles. The number of hydrogen-bond donors (Lipinski definition) is 1. The maximum atomic E-state index is 14.5. The number of carbonyl (C=O) groups is 1. The van der Waals surface area contributed by atoms with E-state index >= 15 is 0 Å². The second kappa shape index (κ2) is 12.0. The van der Waals surface area contributed by atoms with E-state index in [9.17, 15) is 9.18 Å². The van der Waals surface area contributed by atoms with Gasteiger partial charge >= 0.3 is 0 Å². The number of hydrogen-bond acceptors (Lipinski definition) is 5. The number of aromatic nitrogens is 4. The Hall–Kier alpha value is -3.81. The van der Waals surface area contributed by atoms with Crippen molar-refractivity contribution in [3.8, 4) is 0 Å². The number of anilines is 2. The molecule has 1 aromatic carbocycles. The van der Waals surface area contributed by atoms with Crippen molar-refractivity contribution in [3.05, 3.63) is 72.2 Å². The molecular formula is C29H35FN6O. The topological polar surface area (TPSA) is 75.4 Å². The van der Waals surface area contributed by atoms with E-state index in [0.29, 0.717) is 33.9 Å². The fourth-order valence-electron chi connectivity index (χ4n) is 4.76. The van der Waals surface area contributed by atoms with Crippen LogP contribution >= 0.6 is 0 Å². The van der Waals surface area contributed by atoms with Crippen molar-refractivity contribution in [2.75, 3.05) is 23.3 Å². The van der Waals surface area contributed by atoms with Crippen LogP contribution in [0.2, 0.25) is 0 Å². The minimum atomic E-state index is -0.498. The molecule has 8 heteroatoms. The van der Waals surface area contributed by atoms with Crippen LogP contribution in [0.3, 0.4) is 0 Å². The van der Waals surface area contributed by atoms with Gasteiger partial charge in [-0.25, -0.2) is 9.37 Å². The Labute approximate surface area is 217 Å². The van der Waals surface area contributed by atoms with Crippen LogP contribution in [0.25, 0.3) is 16.7 Å². The molecule has 0 aliphatic carbocycles. The van der Waals surface area contributed by atoms with Gasteiger partial charge in [0.05, 0.1) is 22.6 Å². The fraction of sp³-hybridized carbons (Fsp3) is 0.379. The highest BCUT2D eigenvalue weighted by molar-refractivity contribution is 6.13. The molecule has 0 spiro atoms. The summed E-state index contributed by atoms with van der Waals surface area (Å²) in [6, 6.07) is 5.00. The van der Waals surface area contributed by atoms with Gasteiger partial charge in [-0.3, -0.25) is 14.8 Å². The fourth-order valence-corrected chi connectivity index (χ4v) is 4.76. The van der Waals surface area contributed by atoms with E-state index in [2.05, 4.69) is 44.2 Å². The number of carbonyl (C=O) groups excluding carboxylic acids is 1. The summed E-state index contributed by atoms with van der Waals surface area (Å²) in [7, 11) is 0. The Morgan fingerprint density at radius 2 is 1.92 bits per heavy atom. The molecule has 194 valence electrons. The molecule has 3 aromatic heterocycles. The number of aryl methyl sites for hydroxylation is 1. The number of pyridine rings is 1. The smallest absolute Gasteiger partial charge is 0.257 e. The molecule has 37 heavy (non-hydrogen) atoms. The van der Waals surface area contributed by atoms with E-state index < -0.39 is 5.82 Å². The van der Waals surface area contributed by atoms with Gasteiger partial charge in [-0.05, 0) is 44.2 Å². The van der Waals surface area contributed by atoms with Crippen LogP contribution in [0.1, 0.15) is 62.5 Å². The average molecular weight is 503 g/mol. The van der Waals surface area contributed by atoms with E-state index in [1.54, 1.807) is 42.2 Å². The van der Waals surface area contributed by atoms with Gasteiger partial charge < -0.3 is 14.6 Å². The maximum absolute atomic E-state index is 14.5. The van der Waals surface area contributed by atoms with Crippen molar-refractivity contribution in [1.82, 2.24) is 19.4 Å². The summed E-state index contributed by atoms with van der Waals surface area (Å²) in [5.41, 5.74) is 3.84. The number of nitrogens with zero attached hydrogens (tertiary/aromatic N) is 5. The lowest BCUT2D eigenvalue weighted by molar-refractivity contribution is 0.102. The Morgan fingerprint density at radius 3 is 2.70 bits per heavy atom. The van der Waals surface area contributed by atoms with Crippen molar-refractivity contribution in [3.63, 3.8) is 0 Å². The van der Waals surface area contributed by atoms with Crippen LogP contribution < -0.4 is 10.2 Å². The normalized spacial score (nSPS) is 16.9. The number of amides is 1. The molecule has 0 bridgehead atoms. The van der Waals surface area contributed by atoms with Crippen molar-refractivity contribution >= 4 is 34.0 Å². The van der Waals surface area contributed by atoms with Crippen LogP contribution in [0.5, 0.6) is 0 Å². The number of allylic oxidation sites excluding steroid dienone is 1. The molecule has 0 saturated heterocycles. The second-order valence-electron chi connectivity index (χ2n) is 9.07. The summed E-state index contributed by atoms with van der Waals surface area (Å²) in [6.45, 7) is 9.74. The number of nitrogens with one attached hydrogen (secondary N) is 1. The predicted octanol–water partition coefficient (Wildman–Crippen LogP) is 6.58.